The maximum atomic E-state index is 5.73. The fourth-order valence-electron chi connectivity index (χ4n) is 1.88. The standard InChI is InChI=1S/C17H21N3OS/c1-12-4-6-15(7-5-12)21-11-14(3)19-17(22)20-16-10-13(2)8-9-18-16/h4-10,14H,11H2,1-3H3,(H2,18,19,20,22)/t14-/m0/s1. The van der Waals surface area contributed by atoms with Gasteiger partial charge in [-0.1, -0.05) is 17.7 Å². The van der Waals surface area contributed by atoms with Crippen molar-refractivity contribution in [2.45, 2.75) is 26.8 Å². The molecule has 116 valence electrons. The summed E-state index contributed by atoms with van der Waals surface area (Å²) >= 11 is 5.29. The number of nitrogens with zero attached hydrogens (tertiary/aromatic N) is 1. The smallest absolute Gasteiger partial charge is 0.172 e. The van der Waals surface area contributed by atoms with Crippen molar-refractivity contribution < 1.29 is 4.74 Å². The molecular formula is C17H21N3OS. The lowest BCUT2D eigenvalue weighted by Crippen LogP contribution is -2.39. The molecule has 0 aliphatic rings. The second kappa shape index (κ2) is 7.75. The molecule has 0 aliphatic heterocycles. The minimum absolute atomic E-state index is 0.0890. The summed E-state index contributed by atoms with van der Waals surface area (Å²) in [6, 6.07) is 12.0. The van der Waals surface area contributed by atoms with Crippen molar-refractivity contribution in [3.05, 3.63) is 53.7 Å². The van der Waals surface area contributed by atoms with Gasteiger partial charge in [-0.15, -0.1) is 0 Å². The van der Waals surface area contributed by atoms with Crippen molar-refractivity contribution >= 4 is 23.1 Å². The minimum Gasteiger partial charge on any atom is -0.491 e. The molecule has 1 atom stereocenters. The van der Waals surface area contributed by atoms with Crippen LogP contribution in [0.15, 0.2) is 42.6 Å². The molecule has 4 nitrogen and oxygen atoms in total. The van der Waals surface area contributed by atoms with Crippen molar-refractivity contribution in [3.8, 4) is 5.75 Å². The average molecular weight is 315 g/mol. The van der Waals surface area contributed by atoms with Crippen LogP contribution in [0.3, 0.4) is 0 Å². The van der Waals surface area contributed by atoms with Crippen LogP contribution >= 0.6 is 12.2 Å². The highest BCUT2D eigenvalue weighted by Crippen LogP contribution is 2.11. The fraction of sp³-hybridized carbons (Fsp3) is 0.294. The van der Waals surface area contributed by atoms with E-state index in [1.807, 2.05) is 50.2 Å². The van der Waals surface area contributed by atoms with Crippen LogP contribution in [-0.4, -0.2) is 22.7 Å². The van der Waals surface area contributed by atoms with Gasteiger partial charge < -0.3 is 15.4 Å². The van der Waals surface area contributed by atoms with Gasteiger partial charge in [0.15, 0.2) is 5.11 Å². The molecule has 2 aromatic rings. The van der Waals surface area contributed by atoms with Crippen LogP contribution in [-0.2, 0) is 0 Å². The Morgan fingerprint density at radius 2 is 1.91 bits per heavy atom. The van der Waals surface area contributed by atoms with Crippen molar-refractivity contribution in [1.29, 1.82) is 0 Å². The number of anilines is 1. The summed E-state index contributed by atoms with van der Waals surface area (Å²) in [7, 11) is 0. The minimum atomic E-state index is 0.0890. The third kappa shape index (κ3) is 5.33. The maximum absolute atomic E-state index is 5.73. The molecule has 0 bridgehead atoms. The number of ether oxygens (including phenoxy) is 1. The Kier molecular flexibility index (Phi) is 5.72. The summed E-state index contributed by atoms with van der Waals surface area (Å²) in [5, 5.41) is 6.80. The number of hydrogen-bond acceptors (Lipinski definition) is 3. The molecule has 0 saturated carbocycles. The molecule has 0 spiro atoms. The SMILES string of the molecule is Cc1ccc(OC[C@H](C)NC(=S)Nc2cc(C)ccn2)cc1. The van der Waals surface area contributed by atoms with Crippen LogP contribution in [0.5, 0.6) is 5.75 Å². The Morgan fingerprint density at radius 3 is 2.59 bits per heavy atom. The van der Waals surface area contributed by atoms with Gasteiger partial charge in [-0.2, -0.15) is 0 Å². The summed E-state index contributed by atoms with van der Waals surface area (Å²) in [6.07, 6.45) is 1.75. The zero-order valence-corrected chi connectivity index (χ0v) is 13.9. The van der Waals surface area contributed by atoms with Crippen LogP contribution in [0.25, 0.3) is 0 Å². The lowest BCUT2D eigenvalue weighted by Gasteiger charge is -2.17. The molecule has 0 saturated heterocycles. The Morgan fingerprint density at radius 1 is 1.18 bits per heavy atom. The first-order valence-corrected chi connectivity index (χ1v) is 7.63. The summed E-state index contributed by atoms with van der Waals surface area (Å²) < 4.78 is 5.73. The first kappa shape index (κ1) is 16.2. The quantitative estimate of drug-likeness (QED) is 0.828. The van der Waals surface area contributed by atoms with Crippen LogP contribution in [0.2, 0.25) is 0 Å². The van der Waals surface area contributed by atoms with Gasteiger partial charge in [0.05, 0.1) is 6.04 Å². The van der Waals surface area contributed by atoms with Crippen LogP contribution in [0.4, 0.5) is 5.82 Å². The molecule has 1 aromatic carbocycles. The molecule has 0 amide bonds. The topological polar surface area (TPSA) is 46.2 Å². The van der Waals surface area contributed by atoms with Gasteiger partial charge in [-0.3, -0.25) is 0 Å². The number of aromatic nitrogens is 1. The van der Waals surface area contributed by atoms with E-state index in [1.165, 1.54) is 5.56 Å². The van der Waals surface area contributed by atoms with E-state index in [0.29, 0.717) is 11.7 Å². The Labute approximate surface area is 136 Å². The number of benzene rings is 1. The van der Waals surface area contributed by atoms with Crippen molar-refractivity contribution in [2.75, 3.05) is 11.9 Å². The van der Waals surface area contributed by atoms with Gasteiger partial charge in [-0.25, -0.2) is 4.98 Å². The number of pyridine rings is 1. The molecule has 2 rings (SSSR count). The van der Waals surface area contributed by atoms with Crippen LogP contribution in [0, 0.1) is 13.8 Å². The molecule has 0 fully saturated rings. The van der Waals surface area contributed by atoms with E-state index in [4.69, 9.17) is 17.0 Å². The zero-order valence-electron chi connectivity index (χ0n) is 13.1. The lowest BCUT2D eigenvalue weighted by molar-refractivity contribution is 0.287. The molecular weight excluding hydrogens is 294 g/mol. The molecule has 0 unspecified atom stereocenters. The third-order valence-corrected chi connectivity index (χ3v) is 3.28. The highest BCUT2D eigenvalue weighted by atomic mass is 32.1. The van der Waals surface area contributed by atoms with E-state index in [1.54, 1.807) is 6.20 Å². The van der Waals surface area contributed by atoms with Crippen LogP contribution < -0.4 is 15.4 Å². The summed E-state index contributed by atoms with van der Waals surface area (Å²) in [4.78, 5) is 4.22. The van der Waals surface area contributed by atoms with Gasteiger partial charge in [0.2, 0.25) is 0 Å². The summed E-state index contributed by atoms with van der Waals surface area (Å²) in [6.45, 7) is 6.62. The average Bonchev–Trinajstić information content (AvgIpc) is 2.46. The fourth-order valence-corrected chi connectivity index (χ4v) is 2.18. The van der Waals surface area contributed by atoms with Gasteiger partial charge in [0.25, 0.3) is 0 Å². The number of aryl methyl sites for hydroxylation is 2. The van der Waals surface area contributed by atoms with Crippen molar-refractivity contribution in [2.24, 2.45) is 0 Å². The summed E-state index contributed by atoms with van der Waals surface area (Å²) in [5.41, 5.74) is 2.35. The highest BCUT2D eigenvalue weighted by Gasteiger charge is 2.06. The van der Waals surface area contributed by atoms with Crippen molar-refractivity contribution in [1.82, 2.24) is 10.3 Å². The third-order valence-electron chi connectivity index (χ3n) is 3.06. The van der Waals surface area contributed by atoms with Gasteiger partial charge in [0, 0.05) is 6.20 Å². The predicted molar refractivity (Wildman–Crippen MR) is 94.5 cm³/mol. The maximum Gasteiger partial charge on any atom is 0.172 e. The molecule has 2 N–H and O–H groups in total. The Hall–Kier alpha value is -2.14. The molecule has 22 heavy (non-hydrogen) atoms. The number of rotatable bonds is 5. The first-order valence-electron chi connectivity index (χ1n) is 7.22. The number of thiocarbonyl (C=S) groups is 1. The number of hydrogen-bond donors (Lipinski definition) is 2. The van der Waals surface area contributed by atoms with E-state index in [9.17, 15) is 0 Å². The second-order valence-corrected chi connectivity index (χ2v) is 5.75. The van der Waals surface area contributed by atoms with Gasteiger partial charge in [-0.05, 0) is 62.8 Å². The van der Waals surface area contributed by atoms with Crippen LogP contribution in [0.1, 0.15) is 18.1 Å². The Bertz CT molecular complexity index is 628. The van der Waals surface area contributed by atoms with E-state index >= 15 is 0 Å². The van der Waals surface area contributed by atoms with E-state index in [0.717, 1.165) is 17.1 Å². The Balaban J connectivity index is 1.77. The molecule has 1 aromatic heterocycles. The summed E-state index contributed by atoms with van der Waals surface area (Å²) in [5.74, 6) is 1.60. The molecule has 5 heteroatoms. The van der Waals surface area contributed by atoms with Gasteiger partial charge in [0.1, 0.15) is 18.2 Å². The first-order chi connectivity index (χ1) is 10.5. The lowest BCUT2D eigenvalue weighted by atomic mass is 10.2. The van der Waals surface area contributed by atoms with E-state index in [-0.39, 0.29) is 6.04 Å². The second-order valence-electron chi connectivity index (χ2n) is 5.34. The largest absolute Gasteiger partial charge is 0.491 e. The van der Waals surface area contributed by atoms with Gasteiger partial charge >= 0.3 is 0 Å². The van der Waals surface area contributed by atoms with Crippen molar-refractivity contribution in [3.63, 3.8) is 0 Å². The molecule has 1 heterocycles. The predicted octanol–water partition coefficient (Wildman–Crippen LogP) is 3.45. The number of nitrogens with one attached hydrogen (secondary N) is 2. The normalized spacial score (nSPS) is 11.6. The zero-order chi connectivity index (χ0) is 15.9. The van der Waals surface area contributed by atoms with E-state index in [2.05, 4.69) is 22.5 Å². The monoisotopic (exact) mass is 315 g/mol. The molecule has 0 aliphatic carbocycles. The van der Waals surface area contributed by atoms with E-state index < -0.39 is 0 Å². The molecule has 0 radical (unpaired) electrons. The highest BCUT2D eigenvalue weighted by molar-refractivity contribution is 7.80.